The van der Waals surface area contributed by atoms with Gasteiger partial charge in [-0.05, 0) is 24.6 Å². The molecule has 18 heavy (non-hydrogen) atoms. The molecule has 0 aliphatic carbocycles. The first-order chi connectivity index (χ1) is 8.45. The van der Waals surface area contributed by atoms with E-state index in [9.17, 15) is 15.0 Å². The molecule has 0 aromatic heterocycles. The largest absolute Gasteiger partial charge is 0.507 e. The van der Waals surface area contributed by atoms with Gasteiger partial charge in [-0.25, -0.2) is 0 Å². The van der Waals surface area contributed by atoms with Crippen LogP contribution in [-0.4, -0.2) is 39.7 Å². The van der Waals surface area contributed by atoms with Gasteiger partial charge in [0.1, 0.15) is 5.75 Å². The molecule has 1 aliphatic heterocycles. The molecular weight excluding hydrogens is 298 g/mol. The van der Waals surface area contributed by atoms with Crippen LogP contribution < -0.4 is 0 Å². The molecule has 0 saturated carbocycles. The minimum absolute atomic E-state index is 0.0332. The standard InChI is InChI=1S/C13H16BrNO3/c1-2-5-13(18)7-15(8-13)12(17)10-6-9(14)3-4-11(10)16/h3-4,6,16,18H,2,5,7-8H2,1H3. The molecule has 1 saturated heterocycles. The third-order valence-electron chi connectivity index (χ3n) is 3.16. The number of aromatic hydroxyl groups is 1. The van der Waals surface area contributed by atoms with Crippen LogP contribution in [-0.2, 0) is 0 Å². The molecule has 0 unspecified atom stereocenters. The second kappa shape index (κ2) is 4.90. The molecule has 1 aliphatic rings. The number of hydrogen-bond donors (Lipinski definition) is 2. The zero-order valence-electron chi connectivity index (χ0n) is 10.2. The number of amides is 1. The lowest BCUT2D eigenvalue weighted by Gasteiger charge is -2.46. The van der Waals surface area contributed by atoms with Crippen LogP contribution in [0.15, 0.2) is 22.7 Å². The normalized spacial score (nSPS) is 17.4. The number of carbonyl (C=O) groups is 1. The summed E-state index contributed by atoms with van der Waals surface area (Å²) in [6.07, 6.45) is 1.59. The Bertz CT molecular complexity index is 469. The number of hydrogen-bond acceptors (Lipinski definition) is 3. The van der Waals surface area contributed by atoms with Crippen LogP contribution >= 0.6 is 15.9 Å². The molecule has 1 amide bonds. The first-order valence-electron chi connectivity index (χ1n) is 5.95. The number of nitrogens with zero attached hydrogens (tertiary/aromatic N) is 1. The summed E-state index contributed by atoms with van der Waals surface area (Å²) in [6.45, 7) is 2.68. The van der Waals surface area contributed by atoms with Crippen molar-refractivity contribution in [2.75, 3.05) is 13.1 Å². The number of phenols is 1. The lowest BCUT2D eigenvalue weighted by atomic mass is 9.88. The van der Waals surface area contributed by atoms with Crippen molar-refractivity contribution in [1.82, 2.24) is 4.90 Å². The molecule has 4 nitrogen and oxygen atoms in total. The second-order valence-corrected chi connectivity index (χ2v) is 5.71. The van der Waals surface area contributed by atoms with Crippen molar-refractivity contribution in [2.24, 2.45) is 0 Å². The SMILES string of the molecule is CCCC1(O)CN(C(=O)c2cc(Br)ccc2O)C1. The number of rotatable bonds is 3. The zero-order chi connectivity index (χ0) is 13.3. The summed E-state index contributed by atoms with van der Waals surface area (Å²) in [5.41, 5.74) is -0.477. The molecule has 0 bridgehead atoms. The van der Waals surface area contributed by atoms with Gasteiger partial charge in [-0.15, -0.1) is 0 Å². The van der Waals surface area contributed by atoms with Gasteiger partial charge in [0.25, 0.3) is 5.91 Å². The molecule has 2 rings (SSSR count). The maximum absolute atomic E-state index is 12.1. The number of likely N-dealkylation sites (tertiary alicyclic amines) is 1. The van der Waals surface area contributed by atoms with Gasteiger partial charge in [-0.2, -0.15) is 0 Å². The molecule has 98 valence electrons. The average Bonchev–Trinajstić information content (AvgIpc) is 2.28. The van der Waals surface area contributed by atoms with Crippen molar-refractivity contribution >= 4 is 21.8 Å². The van der Waals surface area contributed by atoms with Gasteiger partial charge in [0, 0.05) is 4.47 Å². The molecule has 1 aromatic rings. The Labute approximate surface area is 114 Å². The van der Waals surface area contributed by atoms with E-state index in [0.717, 1.165) is 10.9 Å². The number of carbonyl (C=O) groups excluding carboxylic acids is 1. The molecular formula is C13H16BrNO3. The van der Waals surface area contributed by atoms with Gasteiger partial charge in [0.15, 0.2) is 0 Å². The van der Waals surface area contributed by atoms with Crippen LogP contribution in [0.4, 0.5) is 0 Å². The summed E-state index contributed by atoms with van der Waals surface area (Å²) in [5.74, 6) is -0.274. The molecule has 0 atom stereocenters. The molecule has 1 fully saturated rings. The number of aliphatic hydroxyl groups is 1. The Morgan fingerprint density at radius 3 is 2.78 bits per heavy atom. The smallest absolute Gasteiger partial charge is 0.257 e. The van der Waals surface area contributed by atoms with Crippen LogP contribution in [0.3, 0.4) is 0 Å². The Morgan fingerprint density at radius 2 is 2.17 bits per heavy atom. The van der Waals surface area contributed by atoms with E-state index in [2.05, 4.69) is 15.9 Å². The maximum Gasteiger partial charge on any atom is 0.257 e. The summed E-state index contributed by atoms with van der Waals surface area (Å²) in [7, 11) is 0. The van der Waals surface area contributed by atoms with Gasteiger partial charge in [0.2, 0.25) is 0 Å². The number of benzene rings is 1. The fraction of sp³-hybridized carbons (Fsp3) is 0.462. The topological polar surface area (TPSA) is 60.8 Å². The highest BCUT2D eigenvalue weighted by atomic mass is 79.9. The van der Waals surface area contributed by atoms with Gasteiger partial charge in [-0.1, -0.05) is 29.3 Å². The Hall–Kier alpha value is -1.07. The molecule has 2 N–H and O–H groups in total. The molecule has 5 heteroatoms. The van der Waals surface area contributed by atoms with Crippen LogP contribution in [0.1, 0.15) is 30.1 Å². The van der Waals surface area contributed by atoms with Crippen molar-refractivity contribution in [1.29, 1.82) is 0 Å². The lowest BCUT2D eigenvalue weighted by Crippen LogP contribution is -2.63. The Kier molecular flexibility index (Phi) is 3.64. The molecule has 1 heterocycles. The van der Waals surface area contributed by atoms with Gasteiger partial charge < -0.3 is 15.1 Å². The van der Waals surface area contributed by atoms with E-state index in [-0.39, 0.29) is 17.2 Å². The monoisotopic (exact) mass is 313 g/mol. The number of phenolic OH excluding ortho intramolecular Hbond substituents is 1. The van der Waals surface area contributed by atoms with Crippen molar-refractivity contribution in [3.8, 4) is 5.75 Å². The summed E-state index contributed by atoms with van der Waals surface area (Å²) in [4.78, 5) is 13.7. The fourth-order valence-corrected chi connectivity index (χ4v) is 2.64. The van der Waals surface area contributed by atoms with E-state index in [1.165, 1.54) is 6.07 Å². The summed E-state index contributed by atoms with van der Waals surface area (Å²) >= 11 is 3.27. The third kappa shape index (κ3) is 2.52. The maximum atomic E-state index is 12.1. The highest BCUT2D eigenvalue weighted by molar-refractivity contribution is 9.10. The molecule has 1 aromatic carbocycles. The zero-order valence-corrected chi connectivity index (χ0v) is 11.8. The Balaban J connectivity index is 2.08. The van der Waals surface area contributed by atoms with Crippen LogP contribution in [0, 0.1) is 0 Å². The van der Waals surface area contributed by atoms with Crippen LogP contribution in [0.25, 0.3) is 0 Å². The number of halogens is 1. The summed E-state index contributed by atoms with van der Waals surface area (Å²) in [5, 5.41) is 19.7. The highest BCUT2D eigenvalue weighted by Gasteiger charge is 2.43. The van der Waals surface area contributed by atoms with Crippen molar-refractivity contribution in [3.05, 3.63) is 28.2 Å². The van der Waals surface area contributed by atoms with Crippen molar-refractivity contribution in [3.63, 3.8) is 0 Å². The predicted octanol–water partition coefficient (Wildman–Crippen LogP) is 2.14. The fourth-order valence-electron chi connectivity index (χ4n) is 2.28. The molecule has 0 spiro atoms. The van der Waals surface area contributed by atoms with Crippen LogP contribution in [0.2, 0.25) is 0 Å². The summed E-state index contributed by atoms with van der Waals surface area (Å²) < 4.78 is 0.744. The van der Waals surface area contributed by atoms with Gasteiger partial charge in [0.05, 0.1) is 24.3 Å². The minimum atomic E-state index is -0.744. The second-order valence-electron chi connectivity index (χ2n) is 4.80. The number of β-amino-alcohol motifs (C(OH)–C–C–N with tert-alkyl or cyclic N) is 1. The van der Waals surface area contributed by atoms with Crippen molar-refractivity contribution < 1.29 is 15.0 Å². The quantitative estimate of drug-likeness (QED) is 0.898. The first kappa shape index (κ1) is 13.4. The minimum Gasteiger partial charge on any atom is -0.507 e. The van der Waals surface area contributed by atoms with Crippen LogP contribution in [0.5, 0.6) is 5.75 Å². The van der Waals surface area contributed by atoms with Gasteiger partial charge in [-0.3, -0.25) is 4.79 Å². The highest BCUT2D eigenvalue weighted by Crippen LogP contribution is 2.30. The first-order valence-corrected chi connectivity index (χ1v) is 6.75. The lowest BCUT2D eigenvalue weighted by molar-refractivity contribution is -0.0860. The van der Waals surface area contributed by atoms with E-state index < -0.39 is 5.60 Å². The van der Waals surface area contributed by atoms with E-state index in [0.29, 0.717) is 19.5 Å². The van der Waals surface area contributed by atoms with E-state index in [1.807, 2.05) is 6.92 Å². The van der Waals surface area contributed by atoms with E-state index >= 15 is 0 Å². The molecule has 0 radical (unpaired) electrons. The summed E-state index contributed by atoms with van der Waals surface area (Å²) in [6, 6.07) is 4.75. The van der Waals surface area contributed by atoms with E-state index in [1.54, 1.807) is 17.0 Å². The van der Waals surface area contributed by atoms with Gasteiger partial charge >= 0.3 is 0 Å². The predicted molar refractivity (Wildman–Crippen MR) is 71.6 cm³/mol. The van der Waals surface area contributed by atoms with E-state index in [4.69, 9.17) is 0 Å². The average molecular weight is 314 g/mol. The van der Waals surface area contributed by atoms with Crippen molar-refractivity contribution in [2.45, 2.75) is 25.4 Å². The Morgan fingerprint density at radius 1 is 1.50 bits per heavy atom. The third-order valence-corrected chi connectivity index (χ3v) is 3.66.